The molecular formula is C17H17F3N4OS. The second-order valence-corrected chi connectivity index (χ2v) is 7.35. The first kappa shape index (κ1) is 17.4. The van der Waals surface area contributed by atoms with Crippen LogP contribution in [0, 0.1) is 5.92 Å². The molecule has 1 aliphatic carbocycles. The zero-order valence-electron chi connectivity index (χ0n) is 13.8. The molecule has 0 bridgehead atoms. The van der Waals surface area contributed by atoms with Crippen LogP contribution in [0.1, 0.15) is 32.1 Å². The highest BCUT2D eigenvalue weighted by atomic mass is 32.1. The van der Waals surface area contributed by atoms with Crippen LogP contribution in [-0.2, 0) is 0 Å². The van der Waals surface area contributed by atoms with E-state index in [4.69, 9.17) is 0 Å². The lowest BCUT2D eigenvalue weighted by Gasteiger charge is -2.37. The van der Waals surface area contributed by atoms with Crippen LogP contribution in [0.4, 0.5) is 18.3 Å². The summed E-state index contributed by atoms with van der Waals surface area (Å²) in [6.45, 7) is 0. The molecule has 0 saturated heterocycles. The Morgan fingerprint density at radius 3 is 2.77 bits per heavy atom. The van der Waals surface area contributed by atoms with E-state index in [0.717, 1.165) is 24.2 Å². The molecular weight excluding hydrogens is 365 g/mol. The number of rotatable bonds is 2. The van der Waals surface area contributed by atoms with E-state index in [0.29, 0.717) is 35.0 Å². The van der Waals surface area contributed by atoms with Crippen LogP contribution in [0.15, 0.2) is 34.9 Å². The molecule has 0 spiro atoms. The second-order valence-electron chi connectivity index (χ2n) is 6.51. The molecule has 9 heteroatoms. The van der Waals surface area contributed by atoms with Gasteiger partial charge in [-0.3, -0.25) is 4.98 Å². The number of hydrazone groups is 1. The highest BCUT2D eigenvalue weighted by Crippen LogP contribution is 2.49. The summed E-state index contributed by atoms with van der Waals surface area (Å²) in [5.41, 5.74) is -1.61. The average molecular weight is 382 g/mol. The Labute approximate surface area is 152 Å². The Balaban J connectivity index is 1.76. The predicted molar refractivity (Wildman–Crippen MR) is 92.8 cm³/mol. The SMILES string of the molecule is O[C@@]1(C(F)(F)F)[C@H]2CCCCCC2=NN1c1nc(-c2ccccn2)cs1. The van der Waals surface area contributed by atoms with Crippen molar-refractivity contribution in [1.29, 1.82) is 0 Å². The maximum Gasteiger partial charge on any atom is 0.439 e. The number of hydrogen-bond acceptors (Lipinski definition) is 6. The highest BCUT2D eigenvalue weighted by Gasteiger charge is 2.67. The Bertz CT molecular complexity index is 823. The van der Waals surface area contributed by atoms with Crippen molar-refractivity contribution in [2.45, 2.75) is 44.0 Å². The zero-order chi connectivity index (χ0) is 18.4. The van der Waals surface area contributed by atoms with Crippen LogP contribution in [0.3, 0.4) is 0 Å². The van der Waals surface area contributed by atoms with Crippen LogP contribution in [-0.4, -0.2) is 32.7 Å². The smallest absolute Gasteiger partial charge is 0.362 e. The van der Waals surface area contributed by atoms with Crippen molar-refractivity contribution in [3.63, 3.8) is 0 Å². The Morgan fingerprint density at radius 1 is 1.19 bits per heavy atom. The third-order valence-corrected chi connectivity index (χ3v) is 5.70. The number of fused-ring (bicyclic) bond motifs is 1. The lowest BCUT2D eigenvalue weighted by Crippen LogP contribution is -2.60. The Kier molecular flexibility index (Phi) is 4.23. The number of nitrogens with zero attached hydrogens (tertiary/aromatic N) is 4. The maximum absolute atomic E-state index is 13.9. The minimum atomic E-state index is -4.84. The molecule has 1 aliphatic heterocycles. The normalized spacial score (nSPS) is 26.4. The van der Waals surface area contributed by atoms with Gasteiger partial charge in [0.15, 0.2) is 0 Å². The minimum absolute atomic E-state index is 0.0195. The molecule has 0 unspecified atom stereocenters. The van der Waals surface area contributed by atoms with Gasteiger partial charge in [-0.25, -0.2) is 4.98 Å². The fraction of sp³-hybridized carbons (Fsp3) is 0.471. The van der Waals surface area contributed by atoms with E-state index in [2.05, 4.69) is 15.1 Å². The average Bonchev–Trinajstić information content (AvgIpc) is 3.12. The first-order valence-electron chi connectivity index (χ1n) is 8.45. The largest absolute Gasteiger partial charge is 0.439 e. The number of alkyl halides is 3. The fourth-order valence-corrected chi connectivity index (χ4v) is 4.40. The maximum atomic E-state index is 13.9. The summed E-state index contributed by atoms with van der Waals surface area (Å²) in [4.78, 5) is 8.43. The van der Waals surface area contributed by atoms with Crippen molar-refractivity contribution in [2.75, 3.05) is 5.01 Å². The molecule has 1 N–H and O–H groups in total. The van der Waals surface area contributed by atoms with Gasteiger partial charge in [0.05, 0.1) is 11.6 Å². The molecule has 4 rings (SSSR count). The number of aromatic nitrogens is 2. The number of aliphatic hydroxyl groups is 1. The van der Waals surface area contributed by atoms with E-state index in [1.807, 2.05) is 0 Å². The van der Waals surface area contributed by atoms with Gasteiger partial charge in [0.1, 0.15) is 5.69 Å². The molecule has 0 radical (unpaired) electrons. The molecule has 2 aromatic heterocycles. The summed E-state index contributed by atoms with van der Waals surface area (Å²) in [6, 6.07) is 5.26. The molecule has 0 aromatic carbocycles. The minimum Gasteiger partial charge on any atom is -0.362 e. The van der Waals surface area contributed by atoms with Gasteiger partial charge < -0.3 is 5.11 Å². The molecule has 2 aliphatic rings. The second kappa shape index (κ2) is 6.31. The van der Waals surface area contributed by atoms with Crippen molar-refractivity contribution < 1.29 is 18.3 Å². The summed E-state index contributed by atoms with van der Waals surface area (Å²) in [7, 11) is 0. The van der Waals surface area contributed by atoms with E-state index in [-0.39, 0.29) is 11.6 Å². The van der Waals surface area contributed by atoms with Crippen LogP contribution in [0.2, 0.25) is 0 Å². The molecule has 2 atom stereocenters. The Morgan fingerprint density at radius 2 is 2.04 bits per heavy atom. The van der Waals surface area contributed by atoms with Crippen molar-refractivity contribution >= 4 is 22.2 Å². The topological polar surface area (TPSA) is 61.6 Å². The van der Waals surface area contributed by atoms with Crippen molar-refractivity contribution in [3.05, 3.63) is 29.8 Å². The van der Waals surface area contributed by atoms with E-state index in [1.165, 1.54) is 0 Å². The van der Waals surface area contributed by atoms with Gasteiger partial charge in [-0.15, -0.1) is 11.3 Å². The molecule has 2 aromatic rings. The first-order chi connectivity index (χ1) is 12.4. The van der Waals surface area contributed by atoms with Gasteiger partial charge >= 0.3 is 6.18 Å². The number of halogens is 3. The lowest BCUT2D eigenvalue weighted by molar-refractivity contribution is -0.268. The molecule has 26 heavy (non-hydrogen) atoms. The first-order valence-corrected chi connectivity index (χ1v) is 9.33. The van der Waals surface area contributed by atoms with Gasteiger partial charge in [-0.1, -0.05) is 18.9 Å². The van der Waals surface area contributed by atoms with Gasteiger partial charge in [0.25, 0.3) is 5.72 Å². The van der Waals surface area contributed by atoms with Gasteiger partial charge in [0.2, 0.25) is 5.13 Å². The quantitative estimate of drug-likeness (QED) is 0.845. The number of pyridine rings is 1. The summed E-state index contributed by atoms with van der Waals surface area (Å²) in [5, 5.41) is 17.3. The van der Waals surface area contributed by atoms with Gasteiger partial charge in [-0.05, 0) is 31.4 Å². The van der Waals surface area contributed by atoms with E-state index in [1.54, 1.807) is 29.8 Å². The summed E-state index contributed by atoms with van der Waals surface area (Å²) < 4.78 is 41.7. The van der Waals surface area contributed by atoms with Crippen molar-refractivity contribution in [3.8, 4) is 11.4 Å². The third-order valence-electron chi connectivity index (χ3n) is 4.88. The number of hydrogen-bond donors (Lipinski definition) is 1. The zero-order valence-corrected chi connectivity index (χ0v) is 14.6. The molecule has 5 nitrogen and oxygen atoms in total. The number of anilines is 1. The van der Waals surface area contributed by atoms with E-state index < -0.39 is 17.8 Å². The van der Waals surface area contributed by atoms with Crippen molar-refractivity contribution in [1.82, 2.24) is 9.97 Å². The molecule has 138 valence electrons. The lowest BCUT2D eigenvalue weighted by atomic mass is 9.87. The summed E-state index contributed by atoms with van der Waals surface area (Å²) in [6.07, 6.45) is -0.230. The number of thiazole rings is 1. The highest BCUT2D eigenvalue weighted by molar-refractivity contribution is 7.14. The molecule has 3 heterocycles. The van der Waals surface area contributed by atoms with Crippen LogP contribution in [0.25, 0.3) is 11.4 Å². The van der Waals surface area contributed by atoms with E-state index in [9.17, 15) is 18.3 Å². The molecule has 0 amide bonds. The summed E-state index contributed by atoms with van der Waals surface area (Å²) >= 11 is 1.02. The molecule has 1 saturated carbocycles. The molecule has 1 fully saturated rings. The predicted octanol–water partition coefficient (Wildman–Crippen LogP) is 4.21. The Hall–Kier alpha value is -2.00. The van der Waals surface area contributed by atoms with Gasteiger partial charge in [0, 0.05) is 17.3 Å². The fourth-order valence-electron chi connectivity index (χ4n) is 3.58. The van der Waals surface area contributed by atoms with Crippen LogP contribution < -0.4 is 5.01 Å². The summed E-state index contributed by atoms with van der Waals surface area (Å²) in [5.74, 6) is -1.05. The van der Waals surface area contributed by atoms with Crippen LogP contribution in [0.5, 0.6) is 0 Å². The third kappa shape index (κ3) is 2.69. The van der Waals surface area contributed by atoms with Gasteiger partial charge in [-0.2, -0.15) is 23.3 Å². The van der Waals surface area contributed by atoms with Crippen LogP contribution >= 0.6 is 11.3 Å². The van der Waals surface area contributed by atoms with E-state index >= 15 is 0 Å². The monoisotopic (exact) mass is 382 g/mol. The standard InChI is InChI=1S/C17H17F3N4OS/c18-17(19,20)16(25)11-6-2-1-3-7-12(11)23-24(16)15-22-14(10-26-15)13-8-4-5-9-21-13/h4-5,8-11,25H,1-3,6-7H2/t11-,16+/m0/s1. The van der Waals surface area contributed by atoms with Crippen molar-refractivity contribution in [2.24, 2.45) is 11.0 Å².